The van der Waals surface area contributed by atoms with Gasteiger partial charge in [0.05, 0.1) is 33.5 Å². The summed E-state index contributed by atoms with van der Waals surface area (Å²) in [5, 5.41) is 7.71. The number of fused-ring (bicyclic) bond motifs is 12. The van der Waals surface area contributed by atoms with Crippen molar-refractivity contribution >= 4 is 75.1 Å². The second-order valence-corrected chi connectivity index (χ2v) is 15.7. The fraction of sp³-hybridized carbons (Fsp3) is 0. The van der Waals surface area contributed by atoms with E-state index in [1.807, 2.05) is 11.3 Å². The van der Waals surface area contributed by atoms with Crippen LogP contribution in [0, 0.1) is 0 Å². The van der Waals surface area contributed by atoms with Crippen LogP contribution in [0.25, 0.3) is 109 Å². The molecule has 3 nitrogen and oxygen atoms in total. The molecule has 0 N–H and O–H groups in total. The van der Waals surface area contributed by atoms with Crippen molar-refractivity contribution in [3.05, 3.63) is 200 Å². The molecule has 8 aromatic carbocycles. The third-order valence-corrected chi connectivity index (χ3v) is 12.7. The number of hydrogen-bond donors (Lipinski definition) is 0. The molecule has 0 saturated heterocycles. The van der Waals surface area contributed by atoms with Gasteiger partial charge in [0, 0.05) is 64.2 Å². The van der Waals surface area contributed by atoms with Crippen molar-refractivity contribution in [2.45, 2.75) is 0 Å². The summed E-state index contributed by atoms with van der Waals surface area (Å²) >= 11 is 1.91. The van der Waals surface area contributed by atoms with Crippen LogP contribution in [0.4, 0.5) is 0 Å². The monoisotopic (exact) mass is 743 g/mol. The van der Waals surface area contributed by atoms with Crippen LogP contribution >= 0.6 is 11.3 Å². The molecular weight excluding hydrogens is 711 g/mol. The van der Waals surface area contributed by atoms with Gasteiger partial charge in [-0.3, -0.25) is 0 Å². The van der Waals surface area contributed by atoms with E-state index in [4.69, 9.17) is 4.98 Å². The summed E-state index contributed by atoms with van der Waals surface area (Å²) in [4.78, 5) is 5.14. The van der Waals surface area contributed by atoms with Gasteiger partial charge in [0.25, 0.3) is 0 Å². The molecular formula is C53H33N3S. The van der Waals surface area contributed by atoms with Crippen molar-refractivity contribution in [2.24, 2.45) is 0 Å². The first-order valence-corrected chi connectivity index (χ1v) is 20.2. The maximum Gasteiger partial charge on any atom is 0.0715 e. The van der Waals surface area contributed by atoms with Gasteiger partial charge >= 0.3 is 0 Å². The van der Waals surface area contributed by atoms with Crippen LogP contribution in [0.5, 0.6) is 0 Å². The number of pyridine rings is 1. The first-order chi connectivity index (χ1) is 28.3. The predicted molar refractivity (Wildman–Crippen MR) is 242 cm³/mol. The molecule has 0 aliphatic carbocycles. The number of para-hydroxylation sites is 3. The summed E-state index contributed by atoms with van der Waals surface area (Å²) in [6, 6.07) is 72.2. The van der Waals surface area contributed by atoms with Crippen molar-refractivity contribution < 1.29 is 0 Å². The summed E-state index contributed by atoms with van der Waals surface area (Å²) in [5.41, 5.74) is 13.6. The molecule has 12 aromatic rings. The van der Waals surface area contributed by atoms with Gasteiger partial charge < -0.3 is 9.13 Å². The largest absolute Gasteiger partial charge is 0.308 e. The van der Waals surface area contributed by atoms with E-state index in [0.29, 0.717) is 0 Å². The zero-order valence-corrected chi connectivity index (χ0v) is 31.6. The third-order valence-electron chi connectivity index (χ3n) is 11.5. The van der Waals surface area contributed by atoms with Crippen LogP contribution in [-0.2, 0) is 0 Å². The Balaban J connectivity index is 1.16. The third kappa shape index (κ3) is 4.88. The van der Waals surface area contributed by atoms with E-state index in [1.165, 1.54) is 63.8 Å². The van der Waals surface area contributed by atoms with Gasteiger partial charge in [0.15, 0.2) is 0 Å². The van der Waals surface area contributed by atoms with E-state index in [-0.39, 0.29) is 0 Å². The van der Waals surface area contributed by atoms with E-state index in [0.717, 1.165) is 45.0 Å². The summed E-state index contributed by atoms with van der Waals surface area (Å²) in [7, 11) is 0. The Labute approximate surface area is 333 Å². The average molecular weight is 744 g/mol. The molecule has 0 spiro atoms. The lowest BCUT2D eigenvalue weighted by Crippen LogP contribution is -1.96. The number of rotatable bonds is 5. The number of aromatic nitrogens is 3. The zero-order valence-electron chi connectivity index (χ0n) is 30.8. The highest BCUT2D eigenvalue weighted by Gasteiger charge is 2.26. The van der Waals surface area contributed by atoms with E-state index < -0.39 is 0 Å². The fourth-order valence-corrected chi connectivity index (χ4v) is 10.3. The summed E-state index contributed by atoms with van der Waals surface area (Å²) < 4.78 is 7.63. The van der Waals surface area contributed by atoms with Crippen LogP contribution in [0.15, 0.2) is 200 Å². The minimum absolute atomic E-state index is 0.961. The van der Waals surface area contributed by atoms with Gasteiger partial charge in [0.2, 0.25) is 0 Å². The quantitative estimate of drug-likeness (QED) is 0.172. The van der Waals surface area contributed by atoms with Crippen molar-refractivity contribution in [3.63, 3.8) is 0 Å². The van der Waals surface area contributed by atoms with Crippen molar-refractivity contribution in [1.82, 2.24) is 14.1 Å². The highest BCUT2D eigenvalue weighted by atomic mass is 32.1. The topological polar surface area (TPSA) is 22.8 Å². The molecule has 0 unspecified atom stereocenters. The Hall–Kier alpha value is -7.27. The standard InChI is InChI=1S/C53H33N3S/c1-4-16-35(17-5-1)43-32-37(33-44(54-43)36-18-6-2-7-19-36)34-28-30-39(31-29-34)56-45-25-13-10-22-40(45)48-51-49(53-50(52(48)56)42-24-12-15-27-47(42)57-53)41-23-11-14-26-46(41)55(51)38-20-8-3-9-21-38/h1-33H. The molecule has 0 atom stereocenters. The molecule has 266 valence electrons. The molecule has 0 amide bonds. The summed E-state index contributed by atoms with van der Waals surface area (Å²) in [6.07, 6.45) is 0. The van der Waals surface area contributed by atoms with Crippen LogP contribution in [0.3, 0.4) is 0 Å². The van der Waals surface area contributed by atoms with Crippen molar-refractivity contribution in [3.8, 4) is 45.0 Å². The van der Waals surface area contributed by atoms with E-state index in [2.05, 4.69) is 209 Å². The molecule has 0 aliphatic heterocycles. The lowest BCUT2D eigenvalue weighted by molar-refractivity contribution is 1.18. The lowest BCUT2D eigenvalue weighted by atomic mass is 9.99. The maximum absolute atomic E-state index is 5.14. The molecule has 0 bridgehead atoms. The fourth-order valence-electron chi connectivity index (χ4n) is 9.01. The normalized spacial score (nSPS) is 11.9. The highest BCUT2D eigenvalue weighted by Crippen LogP contribution is 2.51. The van der Waals surface area contributed by atoms with Gasteiger partial charge in [-0.2, -0.15) is 0 Å². The van der Waals surface area contributed by atoms with Crippen LogP contribution in [-0.4, -0.2) is 14.1 Å². The second-order valence-electron chi connectivity index (χ2n) is 14.7. The minimum Gasteiger partial charge on any atom is -0.308 e. The first-order valence-electron chi connectivity index (χ1n) is 19.4. The predicted octanol–water partition coefficient (Wildman–Crippen LogP) is 14.6. The molecule has 57 heavy (non-hydrogen) atoms. The van der Waals surface area contributed by atoms with E-state index in [9.17, 15) is 0 Å². The van der Waals surface area contributed by atoms with Crippen molar-refractivity contribution in [1.29, 1.82) is 0 Å². The van der Waals surface area contributed by atoms with Crippen LogP contribution in [0.1, 0.15) is 0 Å². The average Bonchev–Trinajstić information content (AvgIpc) is 3.95. The number of thiophene rings is 1. The Morgan fingerprint density at radius 2 is 0.807 bits per heavy atom. The molecule has 4 aromatic heterocycles. The van der Waals surface area contributed by atoms with E-state index in [1.54, 1.807) is 0 Å². The minimum atomic E-state index is 0.961. The maximum atomic E-state index is 5.14. The van der Waals surface area contributed by atoms with Crippen molar-refractivity contribution in [2.75, 3.05) is 0 Å². The van der Waals surface area contributed by atoms with Gasteiger partial charge in [-0.05, 0) is 65.7 Å². The number of benzene rings is 8. The lowest BCUT2D eigenvalue weighted by Gasteiger charge is -2.13. The molecule has 4 heterocycles. The highest BCUT2D eigenvalue weighted by molar-refractivity contribution is 7.27. The Morgan fingerprint density at radius 3 is 1.40 bits per heavy atom. The van der Waals surface area contributed by atoms with Crippen LogP contribution < -0.4 is 0 Å². The SMILES string of the molecule is c1ccc(-c2cc(-c3ccc(-n4c5ccccc5c5c6c(c7ccccc7n6-c6ccccc6)c6sc7ccccc7c6c54)cc3)cc(-c3ccccc3)n2)cc1. The molecule has 12 rings (SSSR count). The van der Waals surface area contributed by atoms with Gasteiger partial charge in [-0.15, -0.1) is 11.3 Å². The zero-order chi connectivity index (χ0) is 37.5. The molecule has 0 aliphatic rings. The van der Waals surface area contributed by atoms with Gasteiger partial charge in [-0.1, -0.05) is 146 Å². The Kier molecular flexibility index (Phi) is 7.10. The van der Waals surface area contributed by atoms with Gasteiger partial charge in [-0.25, -0.2) is 4.98 Å². The molecule has 0 saturated carbocycles. The number of hydrogen-bond acceptors (Lipinski definition) is 2. The first kappa shape index (κ1) is 32.0. The Bertz CT molecular complexity index is 3430. The Morgan fingerprint density at radius 1 is 0.351 bits per heavy atom. The van der Waals surface area contributed by atoms with Gasteiger partial charge in [0.1, 0.15) is 0 Å². The molecule has 0 radical (unpaired) electrons. The molecule has 0 fully saturated rings. The second kappa shape index (κ2) is 12.6. The summed E-state index contributed by atoms with van der Waals surface area (Å²) in [6.45, 7) is 0. The van der Waals surface area contributed by atoms with E-state index >= 15 is 0 Å². The smallest absolute Gasteiger partial charge is 0.0715 e. The van der Waals surface area contributed by atoms with Crippen LogP contribution in [0.2, 0.25) is 0 Å². The number of nitrogens with zero attached hydrogens (tertiary/aromatic N) is 3. The summed E-state index contributed by atoms with van der Waals surface area (Å²) in [5.74, 6) is 0. The molecule has 4 heteroatoms.